The summed E-state index contributed by atoms with van der Waals surface area (Å²) in [5.41, 5.74) is -1.37. The maximum atomic E-state index is 14.1. The van der Waals surface area contributed by atoms with Crippen LogP contribution in [0.1, 0.15) is 33.3 Å². The molecule has 37 heavy (non-hydrogen) atoms. The molecule has 0 aliphatic rings. The molecule has 1 atom stereocenters. The Morgan fingerprint density at radius 2 is 1.73 bits per heavy atom. The second kappa shape index (κ2) is 9.78. The molecule has 0 aromatic carbocycles. The summed E-state index contributed by atoms with van der Waals surface area (Å²) in [6.07, 6.45) is -5.83. The minimum absolute atomic E-state index is 0.000176. The standard InChI is InChI=1S/C22H19F6N7OS/c1-11-33-17-16(18(34(2)3)22(26,27)28)13(10-30-20(17)37-11)8-14(36)6-12-7-15(21(23,24)25)19(29-9-12)35-31-4-5-32-35/h4-5,7,9-10,18H,6,8H2,1-3H3. The predicted octanol–water partition coefficient (Wildman–Crippen LogP) is 4.51. The first-order valence-electron chi connectivity index (χ1n) is 10.7. The van der Waals surface area contributed by atoms with Gasteiger partial charge in [-0.05, 0) is 38.2 Å². The van der Waals surface area contributed by atoms with Crippen LogP contribution in [-0.2, 0) is 23.8 Å². The number of hydrogen-bond donors (Lipinski definition) is 0. The van der Waals surface area contributed by atoms with E-state index in [1.54, 1.807) is 6.92 Å². The number of Topliss-reactive ketones (excluding diaryl/α,β-unsaturated/α-hetero) is 1. The highest BCUT2D eigenvalue weighted by Gasteiger charge is 2.45. The lowest BCUT2D eigenvalue weighted by atomic mass is 9.95. The Hall–Kier alpha value is -3.46. The number of carbonyl (C=O) groups is 1. The molecule has 0 spiro atoms. The van der Waals surface area contributed by atoms with Gasteiger partial charge in [0.15, 0.2) is 5.82 Å². The Balaban J connectivity index is 1.70. The lowest BCUT2D eigenvalue weighted by molar-refractivity contribution is -0.179. The largest absolute Gasteiger partial charge is 0.420 e. The van der Waals surface area contributed by atoms with Gasteiger partial charge in [-0.3, -0.25) is 9.69 Å². The first-order chi connectivity index (χ1) is 17.3. The van der Waals surface area contributed by atoms with Crippen molar-refractivity contribution in [2.75, 3.05) is 14.1 Å². The van der Waals surface area contributed by atoms with Gasteiger partial charge in [0.05, 0.1) is 17.4 Å². The van der Waals surface area contributed by atoms with Gasteiger partial charge in [0.25, 0.3) is 0 Å². The number of alkyl halides is 6. The molecule has 4 rings (SSSR count). The third kappa shape index (κ3) is 5.61. The van der Waals surface area contributed by atoms with Crippen molar-refractivity contribution in [3.8, 4) is 5.82 Å². The van der Waals surface area contributed by atoms with E-state index in [4.69, 9.17) is 0 Å². The number of fused-ring (bicyclic) bond motifs is 1. The maximum Gasteiger partial charge on any atom is 0.420 e. The van der Waals surface area contributed by atoms with E-state index in [1.807, 2.05) is 0 Å². The summed E-state index contributed by atoms with van der Waals surface area (Å²) in [6.45, 7) is 1.63. The van der Waals surface area contributed by atoms with Crippen molar-refractivity contribution in [3.63, 3.8) is 0 Å². The van der Waals surface area contributed by atoms with Gasteiger partial charge in [-0.1, -0.05) is 11.3 Å². The van der Waals surface area contributed by atoms with Crippen LogP contribution in [0.5, 0.6) is 0 Å². The van der Waals surface area contributed by atoms with Crippen LogP contribution >= 0.6 is 11.3 Å². The van der Waals surface area contributed by atoms with Crippen molar-refractivity contribution in [1.29, 1.82) is 0 Å². The molecule has 0 bridgehead atoms. The average molecular weight is 543 g/mol. The summed E-state index contributed by atoms with van der Waals surface area (Å²) in [6, 6.07) is -1.31. The molecule has 0 fully saturated rings. The Morgan fingerprint density at radius 3 is 2.32 bits per heavy atom. The molecule has 0 saturated carbocycles. The Kier molecular flexibility index (Phi) is 7.03. The number of pyridine rings is 2. The molecule has 0 radical (unpaired) electrons. The topological polar surface area (TPSA) is 89.7 Å². The number of carbonyl (C=O) groups excluding carboxylic acids is 1. The molecule has 4 heterocycles. The number of nitrogens with zero attached hydrogens (tertiary/aromatic N) is 7. The fourth-order valence-corrected chi connectivity index (χ4v) is 4.77. The molecule has 196 valence electrons. The molecule has 0 aliphatic heterocycles. The minimum Gasteiger partial charge on any atom is -0.299 e. The summed E-state index contributed by atoms with van der Waals surface area (Å²) in [7, 11) is 2.52. The monoisotopic (exact) mass is 543 g/mol. The van der Waals surface area contributed by atoms with Crippen LogP contribution in [0.15, 0.2) is 30.9 Å². The van der Waals surface area contributed by atoms with E-state index in [-0.39, 0.29) is 22.2 Å². The van der Waals surface area contributed by atoms with E-state index in [0.717, 1.165) is 28.5 Å². The van der Waals surface area contributed by atoms with Gasteiger partial charge in [-0.25, -0.2) is 15.0 Å². The molecule has 1 unspecified atom stereocenters. The molecule has 0 amide bonds. The zero-order valence-corrected chi connectivity index (χ0v) is 20.4. The quantitative estimate of drug-likeness (QED) is 0.317. The van der Waals surface area contributed by atoms with Crippen molar-refractivity contribution in [2.24, 2.45) is 0 Å². The summed E-state index contributed by atoms with van der Waals surface area (Å²) >= 11 is 1.12. The van der Waals surface area contributed by atoms with Crippen LogP contribution in [0, 0.1) is 6.92 Å². The van der Waals surface area contributed by atoms with Crippen molar-refractivity contribution in [1.82, 2.24) is 34.8 Å². The van der Waals surface area contributed by atoms with Gasteiger partial charge in [-0.2, -0.15) is 36.5 Å². The van der Waals surface area contributed by atoms with Crippen molar-refractivity contribution in [3.05, 3.63) is 58.1 Å². The van der Waals surface area contributed by atoms with Crippen LogP contribution in [0.4, 0.5) is 26.3 Å². The molecule has 4 aromatic heterocycles. The number of ketones is 1. The highest BCUT2D eigenvalue weighted by atomic mass is 32.1. The highest BCUT2D eigenvalue weighted by Crippen LogP contribution is 2.41. The number of aryl methyl sites for hydroxylation is 1. The Labute approximate surface area is 210 Å². The number of halogens is 6. The Morgan fingerprint density at radius 1 is 1.05 bits per heavy atom. The summed E-state index contributed by atoms with van der Waals surface area (Å²) in [4.78, 5) is 27.1. The van der Waals surface area contributed by atoms with E-state index in [2.05, 4.69) is 25.1 Å². The van der Waals surface area contributed by atoms with Gasteiger partial charge >= 0.3 is 12.4 Å². The van der Waals surface area contributed by atoms with Crippen molar-refractivity contribution >= 4 is 27.5 Å². The van der Waals surface area contributed by atoms with Crippen molar-refractivity contribution in [2.45, 2.75) is 38.2 Å². The second-order valence-corrected chi connectivity index (χ2v) is 9.60. The molecule has 4 aromatic rings. The lowest BCUT2D eigenvalue weighted by Crippen LogP contribution is -2.34. The van der Waals surface area contributed by atoms with Crippen LogP contribution in [0.25, 0.3) is 16.2 Å². The van der Waals surface area contributed by atoms with Gasteiger partial charge < -0.3 is 0 Å². The van der Waals surface area contributed by atoms with E-state index in [0.29, 0.717) is 14.6 Å². The SMILES string of the molecule is Cc1nc2c(C(N(C)C)C(F)(F)F)c(CC(=O)Cc3cnc(-n4nccn4)c(C(F)(F)F)c3)cnc2s1. The minimum atomic E-state index is -4.81. The van der Waals surface area contributed by atoms with Gasteiger partial charge in [0.2, 0.25) is 0 Å². The summed E-state index contributed by atoms with van der Waals surface area (Å²) in [5.74, 6) is -1.18. The number of rotatable bonds is 7. The van der Waals surface area contributed by atoms with Crippen LogP contribution in [0.3, 0.4) is 0 Å². The first-order valence-corrected chi connectivity index (χ1v) is 11.5. The summed E-state index contributed by atoms with van der Waals surface area (Å²) < 4.78 is 83.2. The van der Waals surface area contributed by atoms with Gasteiger partial charge in [0.1, 0.15) is 27.7 Å². The van der Waals surface area contributed by atoms with E-state index in [1.165, 1.54) is 32.7 Å². The second-order valence-electron chi connectivity index (χ2n) is 8.41. The Bertz CT molecular complexity index is 1430. The number of aromatic nitrogens is 6. The lowest BCUT2D eigenvalue weighted by Gasteiger charge is -2.28. The first kappa shape index (κ1) is 26.6. The fraction of sp³-hybridized carbons (Fsp3) is 0.364. The van der Waals surface area contributed by atoms with E-state index in [9.17, 15) is 31.1 Å². The van der Waals surface area contributed by atoms with Gasteiger partial charge in [-0.15, -0.1) is 4.80 Å². The smallest absolute Gasteiger partial charge is 0.299 e. The van der Waals surface area contributed by atoms with Crippen LogP contribution in [-0.4, -0.2) is 60.9 Å². The predicted molar refractivity (Wildman–Crippen MR) is 121 cm³/mol. The zero-order chi connectivity index (χ0) is 27.1. The van der Waals surface area contributed by atoms with Crippen LogP contribution in [0.2, 0.25) is 0 Å². The van der Waals surface area contributed by atoms with E-state index < -0.39 is 48.4 Å². The molecule has 15 heteroatoms. The van der Waals surface area contributed by atoms with Gasteiger partial charge in [0, 0.05) is 30.8 Å². The number of thiazole rings is 1. The molecular weight excluding hydrogens is 524 g/mol. The number of hydrogen-bond acceptors (Lipinski definition) is 8. The normalized spacial score (nSPS) is 13.5. The molecule has 8 nitrogen and oxygen atoms in total. The zero-order valence-electron chi connectivity index (χ0n) is 19.6. The third-order valence-electron chi connectivity index (χ3n) is 5.38. The maximum absolute atomic E-state index is 14.1. The fourth-order valence-electron chi connectivity index (χ4n) is 3.99. The molecular formula is C22H19F6N7OS. The van der Waals surface area contributed by atoms with E-state index >= 15 is 0 Å². The average Bonchev–Trinajstić information content (AvgIpc) is 3.43. The van der Waals surface area contributed by atoms with Crippen molar-refractivity contribution < 1.29 is 31.1 Å². The molecule has 0 N–H and O–H groups in total. The third-order valence-corrected chi connectivity index (χ3v) is 6.26. The van der Waals surface area contributed by atoms with Crippen LogP contribution < -0.4 is 0 Å². The molecule has 0 saturated heterocycles. The molecule has 0 aliphatic carbocycles. The summed E-state index contributed by atoms with van der Waals surface area (Å²) in [5, 5.41) is 7.83. The highest BCUT2D eigenvalue weighted by molar-refractivity contribution is 7.18.